The van der Waals surface area contributed by atoms with E-state index in [0.717, 1.165) is 5.56 Å². The highest BCUT2D eigenvalue weighted by molar-refractivity contribution is 6.07. The fraction of sp³-hybridized carbons (Fsp3) is 0.0909. The van der Waals surface area contributed by atoms with Gasteiger partial charge in [-0.1, -0.05) is 30.3 Å². The van der Waals surface area contributed by atoms with Gasteiger partial charge in [-0.15, -0.1) is 0 Å². The van der Waals surface area contributed by atoms with Gasteiger partial charge in [0.15, 0.2) is 0 Å². The van der Waals surface area contributed by atoms with Crippen molar-refractivity contribution >= 4 is 16.8 Å². The summed E-state index contributed by atoms with van der Waals surface area (Å²) in [5, 5.41) is 0.618. The molecule has 4 aromatic rings. The van der Waals surface area contributed by atoms with E-state index in [0.29, 0.717) is 34.5 Å². The summed E-state index contributed by atoms with van der Waals surface area (Å²) < 4.78 is 19.1. The number of halogens is 1. The Morgan fingerprint density at radius 2 is 1.89 bits per heavy atom. The fourth-order valence-corrected chi connectivity index (χ4v) is 3.05. The second-order valence-corrected chi connectivity index (χ2v) is 6.32. The first kappa shape index (κ1) is 17.0. The van der Waals surface area contributed by atoms with Crippen molar-refractivity contribution in [3.8, 4) is 11.3 Å². The van der Waals surface area contributed by atoms with Gasteiger partial charge in [0, 0.05) is 24.1 Å². The largest absolute Gasteiger partial charge is 0.467 e. The number of aromatic nitrogens is 1. The number of nitrogens with zero attached hydrogens (tertiary/aromatic N) is 2. The molecular formula is C22H17FN2O2. The summed E-state index contributed by atoms with van der Waals surface area (Å²) in [5.74, 6) is 0.128. The molecule has 0 saturated heterocycles. The highest BCUT2D eigenvalue weighted by Gasteiger charge is 2.18. The van der Waals surface area contributed by atoms with Gasteiger partial charge < -0.3 is 9.32 Å². The summed E-state index contributed by atoms with van der Waals surface area (Å²) in [7, 11) is 1.71. The number of benzene rings is 2. The zero-order chi connectivity index (χ0) is 18.8. The predicted octanol–water partition coefficient (Wildman–Crippen LogP) is 4.91. The van der Waals surface area contributed by atoms with Crippen LogP contribution in [0.5, 0.6) is 0 Å². The van der Waals surface area contributed by atoms with Crippen molar-refractivity contribution in [2.75, 3.05) is 7.05 Å². The maximum absolute atomic E-state index is 13.8. The third-order valence-corrected chi connectivity index (χ3v) is 4.39. The van der Waals surface area contributed by atoms with E-state index in [1.807, 2.05) is 36.4 Å². The van der Waals surface area contributed by atoms with E-state index in [2.05, 4.69) is 4.98 Å². The van der Waals surface area contributed by atoms with Crippen LogP contribution in [0.15, 0.2) is 77.4 Å². The number of carbonyl (C=O) groups is 1. The third kappa shape index (κ3) is 3.44. The highest BCUT2D eigenvalue weighted by Crippen LogP contribution is 2.26. The van der Waals surface area contributed by atoms with Crippen molar-refractivity contribution in [1.82, 2.24) is 9.88 Å². The van der Waals surface area contributed by atoms with Gasteiger partial charge in [-0.25, -0.2) is 9.37 Å². The van der Waals surface area contributed by atoms with Crippen LogP contribution in [0.3, 0.4) is 0 Å². The Kier molecular flexibility index (Phi) is 4.42. The Balaban J connectivity index is 1.81. The summed E-state index contributed by atoms with van der Waals surface area (Å²) in [5.41, 5.74) is 2.42. The molecular weight excluding hydrogens is 343 g/mol. The van der Waals surface area contributed by atoms with E-state index in [-0.39, 0.29) is 11.7 Å². The molecule has 27 heavy (non-hydrogen) atoms. The van der Waals surface area contributed by atoms with Gasteiger partial charge in [-0.3, -0.25) is 4.79 Å². The normalized spacial score (nSPS) is 10.9. The Labute approximate surface area is 155 Å². The van der Waals surface area contributed by atoms with Gasteiger partial charge in [0.2, 0.25) is 0 Å². The molecule has 0 aliphatic heterocycles. The van der Waals surface area contributed by atoms with Crippen LogP contribution in [-0.4, -0.2) is 22.8 Å². The topological polar surface area (TPSA) is 46.3 Å². The summed E-state index contributed by atoms with van der Waals surface area (Å²) in [6, 6.07) is 19.2. The van der Waals surface area contributed by atoms with Crippen LogP contribution in [0.2, 0.25) is 0 Å². The van der Waals surface area contributed by atoms with Crippen LogP contribution in [0.1, 0.15) is 16.1 Å². The molecule has 0 atom stereocenters. The van der Waals surface area contributed by atoms with Crippen LogP contribution in [-0.2, 0) is 6.54 Å². The number of rotatable bonds is 4. The van der Waals surface area contributed by atoms with Crippen molar-refractivity contribution in [1.29, 1.82) is 0 Å². The molecule has 134 valence electrons. The quantitative estimate of drug-likeness (QED) is 0.520. The Hall–Kier alpha value is -3.47. The standard InChI is InChI=1S/C22H17FN2O2/c1-25(14-17-8-5-11-27-17)22(26)19-13-20(15-6-3-2-4-7-15)24-21-12-16(23)9-10-18(19)21/h2-13H,14H2,1H3. The predicted molar refractivity (Wildman–Crippen MR) is 102 cm³/mol. The van der Waals surface area contributed by atoms with Crippen molar-refractivity contribution in [3.05, 3.63) is 90.1 Å². The molecule has 4 rings (SSSR count). The Morgan fingerprint density at radius 1 is 1.07 bits per heavy atom. The molecule has 2 heterocycles. The monoisotopic (exact) mass is 360 g/mol. The molecule has 0 radical (unpaired) electrons. The fourth-order valence-electron chi connectivity index (χ4n) is 3.05. The third-order valence-electron chi connectivity index (χ3n) is 4.39. The first-order valence-electron chi connectivity index (χ1n) is 8.55. The lowest BCUT2D eigenvalue weighted by Crippen LogP contribution is -2.26. The number of fused-ring (bicyclic) bond motifs is 1. The molecule has 1 amide bonds. The Morgan fingerprint density at radius 3 is 2.63 bits per heavy atom. The van der Waals surface area contributed by atoms with Crippen molar-refractivity contribution in [3.63, 3.8) is 0 Å². The molecule has 2 aromatic carbocycles. The van der Waals surface area contributed by atoms with E-state index in [1.165, 1.54) is 12.1 Å². The van der Waals surface area contributed by atoms with Gasteiger partial charge in [0.1, 0.15) is 11.6 Å². The maximum atomic E-state index is 13.8. The van der Waals surface area contributed by atoms with E-state index in [4.69, 9.17) is 4.42 Å². The summed E-state index contributed by atoms with van der Waals surface area (Å²) in [4.78, 5) is 19.2. The molecule has 0 aliphatic carbocycles. The molecule has 4 nitrogen and oxygen atoms in total. The Bertz CT molecular complexity index is 1090. The van der Waals surface area contributed by atoms with Crippen molar-refractivity contribution in [2.24, 2.45) is 0 Å². The number of amides is 1. The molecule has 5 heteroatoms. The lowest BCUT2D eigenvalue weighted by Gasteiger charge is -2.18. The maximum Gasteiger partial charge on any atom is 0.254 e. The van der Waals surface area contributed by atoms with Crippen LogP contribution in [0, 0.1) is 5.82 Å². The lowest BCUT2D eigenvalue weighted by atomic mass is 10.0. The average Bonchev–Trinajstić information content (AvgIpc) is 3.20. The summed E-state index contributed by atoms with van der Waals surface area (Å²) in [6.45, 7) is 0.345. The zero-order valence-corrected chi connectivity index (χ0v) is 14.7. The number of carbonyl (C=O) groups excluding carboxylic acids is 1. The van der Waals surface area contributed by atoms with E-state index < -0.39 is 0 Å². The van der Waals surface area contributed by atoms with E-state index >= 15 is 0 Å². The minimum atomic E-state index is -0.387. The van der Waals surface area contributed by atoms with Gasteiger partial charge in [-0.2, -0.15) is 0 Å². The second kappa shape index (κ2) is 7.03. The van der Waals surface area contributed by atoms with Crippen molar-refractivity contribution in [2.45, 2.75) is 6.54 Å². The van der Waals surface area contributed by atoms with E-state index in [1.54, 1.807) is 36.4 Å². The summed E-state index contributed by atoms with van der Waals surface area (Å²) >= 11 is 0. The zero-order valence-electron chi connectivity index (χ0n) is 14.7. The smallest absolute Gasteiger partial charge is 0.254 e. The molecule has 0 saturated carbocycles. The van der Waals surface area contributed by atoms with Crippen LogP contribution >= 0.6 is 0 Å². The van der Waals surface area contributed by atoms with Crippen molar-refractivity contribution < 1.29 is 13.6 Å². The summed E-state index contributed by atoms with van der Waals surface area (Å²) in [6.07, 6.45) is 1.58. The van der Waals surface area contributed by atoms with Gasteiger partial charge in [-0.05, 0) is 30.3 Å². The lowest BCUT2D eigenvalue weighted by molar-refractivity contribution is 0.0777. The first-order valence-corrected chi connectivity index (χ1v) is 8.55. The SMILES string of the molecule is CN(Cc1ccco1)C(=O)c1cc(-c2ccccc2)nc2cc(F)ccc12. The molecule has 0 fully saturated rings. The molecule has 0 N–H and O–H groups in total. The molecule has 0 spiro atoms. The van der Waals surface area contributed by atoms with Gasteiger partial charge in [0.05, 0.1) is 29.6 Å². The number of hydrogen-bond donors (Lipinski definition) is 0. The van der Waals surface area contributed by atoms with Crippen LogP contribution in [0.4, 0.5) is 4.39 Å². The minimum Gasteiger partial charge on any atom is -0.467 e. The van der Waals surface area contributed by atoms with Gasteiger partial charge >= 0.3 is 0 Å². The van der Waals surface area contributed by atoms with E-state index in [9.17, 15) is 9.18 Å². The molecule has 0 unspecified atom stereocenters. The molecule has 0 bridgehead atoms. The molecule has 0 aliphatic rings. The number of hydrogen-bond acceptors (Lipinski definition) is 3. The minimum absolute atomic E-state index is 0.178. The average molecular weight is 360 g/mol. The molecule has 2 aromatic heterocycles. The number of pyridine rings is 1. The highest BCUT2D eigenvalue weighted by atomic mass is 19.1. The number of furan rings is 1. The first-order chi connectivity index (χ1) is 13.1. The van der Waals surface area contributed by atoms with Crippen LogP contribution in [0.25, 0.3) is 22.2 Å². The van der Waals surface area contributed by atoms with Gasteiger partial charge in [0.25, 0.3) is 5.91 Å². The second-order valence-electron chi connectivity index (χ2n) is 6.32. The van der Waals surface area contributed by atoms with Crippen LogP contribution < -0.4 is 0 Å².